The molecule has 1 aromatic rings. The van der Waals surface area contributed by atoms with Gasteiger partial charge in [0, 0.05) is 18.3 Å². The van der Waals surface area contributed by atoms with E-state index < -0.39 is 0 Å². The Morgan fingerprint density at radius 3 is 3.29 bits per heavy atom. The van der Waals surface area contributed by atoms with Crippen LogP contribution < -0.4 is 10.4 Å². The standard InChI is InChI=1S/C10H11N3O/c14-13-6-12-9-5-8-7(4-10(9)13)2-1-3-11-8/h4-6,11,13H,1-3H2. The number of quaternary nitrogens is 1. The van der Waals surface area contributed by atoms with Crippen molar-refractivity contribution in [2.45, 2.75) is 12.8 Å². The molecule has 2 N–H and O–H groups in total. The Hall–Kier alpha value is -1.39. The van der Waals surface area contributed by atoms with Crippen molar-refractivity contribution in [2.75, 3.05) is 11.9 Å². The van der Waals surface area contributed by atoms with E-state index in [0.29, 0.717) is 0 Å². The molecule has 0 fully saturated rings. The zero-order chi connectivity index (χ0) is 9.54. The van der Waals surface area contributed by atoms with Crippen LogP contribution in [-0.4, -0.2) is 12.9 Å². The molecule has 2 aliphatic heterocycles. The highest BCUT2D eigenvalue weighted by atomic mass is 16.5. The number of hydrogen-bond acceptors (Lipinski definition) is 3. The number of aryl methyl sites for hydroxylation is 1. The second kappa shape index (κ2) is 2.80. The highest BCUT2D eigenvalue weighted by Gasteiger charge is 2.19. The molecule has 0 saturated heterocycles. The Morgan fingerprint density at radius 1 is 1.43 bits per heavy atom. The third-order valence-electron chi connectivity index (χ3n) is 2.75. The van der Waals surface area contributed by atoms with Gasteiger partial charge in [-0.15, -0.1) is 0 Å². The third kappa shape index (κ3) is 1.05. The Morgan fingerprint density at radius 2 is 2.36 bits per heavy atom. The molecule has 72 valence electrons. The molecule has 1 atom stereocenters. The van der Waals surface area contributed by atoms with Crippen LogP contribution in [0.1, 0.15) is 12.0 Å². The Bertz CT molecular complexity index is 414. The van der Waals surface area contributed by atoms with E-state index >= 15 is 0 Å². The predicted molar refractivity (Wildman–Crippen MR) is 55.4 cm³/mol. The lowest BCUT2D eigenvalue weighted by molar-refractivity contribution is -0.655. The number of aliphatic imine (C=N–C) groups is 1. The van der Waals surface area contributed by atoms with Gasteiger partial charge in [-0.3, -0.25) is 5.06 Å². The molecule has 4 nitrogen and oxygen atoms in total. The maximum absolute atomic E-state index is 11.4. The van der Waals surface area contributed by atoms with Crippen molar-refractivity contribution >= 4 is 23.4 Å². The number of hydroxylamine groups is 1. The van der Waals surface area contributed by atoms with Gasteiger partial charge in [0.2, 0.25) is 0 Å². The number of rotatable bonds is 0. The molecule has 0 radical (unpaired) electrons. The van der Waals surface area contributed by atoms with Crippen molar-refractivity contribution in [2.24, 2.45) is 4.99 Å². The number of fused-ring (bicyclic) bond motifs is 2. The van der Waals surface area contributed by atoms with E-state index in [1.165, 1.54) is 11.9 Å². The van der Waals surface area contributed by atoms with E-state index in [0.717, 1.165) is 36.4 Å². The van der Waals surface area contributed by atoms with Gasteiger partial charge in [-0.1, -0.05) is 0 Å². The van der Waals surface area contributed by atoms with Crippen molar-refractivity contribution < 1.29 is 5.06 Å². The van der Waals surface area contributed by atoms with Crippen molar-refractivity contribution in [3.8, 4) is 0 Å². The SMILES string of the molecule is [O-][NH+]1C=Nc2cc3c(cc21)CCCN3. The van der Waals surface area contributed by atoms with E-state index in [1.807, 2.05) is 12.1 Å². The maximum Gasteiger partial charge on any atom is 0.194 e. The van der Waals surface area contributed by atoms with Gasteiger partial charge in [-0.05, 0) is 24.5 Å². The summed E-state index contributed by atoms with van der Waals surface area (Å²) < 4.78 is 0. The second-order valence-electron chi connectivity index (χ2n) is 3.68. The molecule has 2 aliphatic rings. The fourth-order valence-electron chi connectivity index (χ4n) is 2.01. The average molecular weight is 189 g/mol. The topological polar surface area (TPSA) is 51.9 Å². The first-order valence-electron chi connectivity index (χ1n) is 4.84. The summed E-state index contributed by atoms with van der Waals surface area (Å²) in [5.74, 6) is 0. The van der Waals surface area contributed by atoms with Crippen LogP contribution in [-0.2, 0) is 6.42 Å². The highest BCUT2D eigenvalue weighted by Crippen LogP contribution is 2.33. The lowest BCUT2D eigenvalue weighted by atomic mass is 10.0. The molecular formula is C10H11N3O. The summed E-state index contributed by atoms with van der Waals surface area (Å²) in [7, 11) is 0. The minimum atomic E-state index is 0.0355. The Balaban J connectivity index is 2.14. The van der Waals surface area contributed by atoms with Crippen LogP contribution >= 0.6 is 0 Å². The molecule has 3 rings (SSSR count). The zero-order valence-electron chi connectivity index (χ0n) is 7.71. The van der Waals surface area contributed by atoms with E-state index in [4.69, 9.17) is 0 Å². The van der Waals surface area contributed by atoms with Crippen LogP contribution in [0.5, 0.6) is 0 Å². The monoisotopic (exact) mass is 189 g/mol. The van der Waals surface area contributed by atoms with Crippen LogP contribution in [0.15, 0.2) is 17.1 Å². The normalized spacial score (nSPS) is 22.8. The Kier molecular flexibility index (Phi) is 1.59. The molecule has 0 amide bonds. The summed E-state index contributed by atoms with van der Waals surface area (Å²) in [4.78, 5) is 4.07. The van der Waals surface area contributed by atoms with Crippen LogP contribution in [0.3, 0.4) is 0 Å². The van der Waals surface area contributed by atoms with Crippen molar-refractivity contribution in [3.63, 3.8) is 0 Å². The van der Waals surface area contributed by atoms with Gasteiger partial charge in [-0.2, -0.15) is 4.99 Å². The van der Waals surface area contributed by atoms with Crippen molar-refractivity contribution in [1.82, 2.24) is 0 Å². The number of nitrogens with zero attached hydrogens (tertiary/aromatic N) is 1. The quantitative estimate of drug-likeness (QED) is 0.591. The first-order chi connectivity index (χ1) is 6.84. The molecule has 0 saturated carbocycles. The number of benzene rings is 1. The van der Waals surface area contributed by atoms with E-state index in [1.54, 1.807) is 0 Å². The fourth-order valence-corrected chi connectivity index (χ4v) is 2.01. The van der Waals surface area contributed by atoms with Gasteiger partial charge >= 0.3 is 0 Å². The number of nitrogens with one attached hydrogen (secondary N) is 2. The van der Waals surface area contributed by atoms with Crippen LogP contribution in [0.25, 0.3) is 0 Å². The number of hydrogen-bond donors (Lipinski definition) is 2. The summed E-state index contributed by atoms with van der Waals surface area (Å²) in [5.41, 5.74) is 3.95. The van der Waals surface area contributed by atoms with Gasteiger partial charge in [0.25, 0.3) is 0 Å². The van der Waals surface area contributed by atoms with Gasteiger partial charge < -0.3 is 10.5 Å². The minimum Gasteiger partial charge on any atom is -0.623 e. The predicted octanol–water partition coefficient (Wildman–Crippen LogP) is 0.732. The van der Waals surface area contributed by atoms with Gasteiger partial charge in [0.05, 0.1) is 0 Å². The molecule has 0 aliphatic carbocycles. The maximum atomic E-state index is 11.4. The minimum absolute atomic E-state index is 0.0355. The van der Waals surface area contributed by atoms with Crippen LogP contribution in [0.2, 0.25) is 0 Å². The summed E-state index contributed by atoms with van der Waals surface area (Å²) in [6.45, 7) is 1.02. The smallest absolute Gasteiger partial charge is 0.194 e. The summed E-state index contributed by atoms with van der Waals surface area (Å²) in [6, 6.07) is 3.96. The molecule has 0 aromatic heterocycles. The van der Waals surface area contributed by atoms with E-state index in [-0.39, 0.29) is 5.06 Å². The molecule has 0 bridgehead atoms. The first kappa shape index (κ1) is 7.96. The average Bonchev–Trinajstić information content (AvgIpc) is 2.57. The van der Waals surface area contributed by atoms with E-state index in [2.05, 4.69) is 10.3 Å². The van der Waals surface area contributed by atoms with Crippen molar-refractivity contribution in [1.29, 1.82) is 0 Å². The number of anilines is 1. The fraction of sp³-hybridized carbons (Fsp3) is 0.300. The largest absolute Gasteiger partial charge is 0.623 e. The summed E-state index contributed by atoms with van der Waals surface area (Å²) >= 11 is 0. The molecule has 1 unspecified atom stereocenters. The van der Waals surface area contributed by atoms with E-state index in [9.17, 15) is 5.21 Å². The summed E-state index contributed by atoms with van der Waals surface area (Å²) in [6.07, 6.45) is 3.60. The highest BCUT2D eigenvalue weighted by molar-refractivity contribution is 5.77. The molecule has 14 heavy (non-hydrogen) atoms. The lowest BCUT2D eigenvalue weighted by Gasteiger charge is -2.20. The first-order valence-corrected chi connectivity index (χ1v) is 4.84. The van der Waals surface area contributed by atoms with Gasteiger partial charge in [0.1, 0.15) is 5.69 Å². The lowest BCUT2D eigenvalue weighted by Crippen LogP contribution is -2.99. The second-order valence-corrected chi connectivity index (χ2v) is 3.68. The molecule has 2 heterocycles. The molecule has 0 spiro atoms. The van der Waals surface area contributed by atoms with Crippen LogP contribution in [0.4, 0.5) is 17.1 Å². The van der Waals surface area contributed by atoms with Gasteiger partial charge in [0.15, 0.2) is 12.0 Å². The molecule has 1 aromatic carbocycles. The van der Waals surface area contributed by atoms with Crippen molar-refractivity contribution in [3.05, 3.63) is 22.9 Å². The summed E-state index contributed by atoms with van der Waals surface area (Å²) in [5, 5.41) is 14.7. The molecule has 4 heteroatoms. The van der Waals surface area contributed by atoms with Crippen LogP contribution in [0, 0.1) is 5.21 Å². The third-order valence-corrected chi connectivity index (χ3v) is 2.75. The molecular weight excluding hydrogens is 178 g/mol. The van der Waals surface area contributed by atoms with Gasteiger partial charge in [-0.25, -0.2) is 0 Å². The Labute approximate surface area is 81.8 Å². The zero-order valence-corrected chi connectivity index (χ0v) is 7.71.